The Hall–Kier alpha value is -1.90. The zero-order valence-corrected chi connectivity index (χ0v) is 19.2. The molecule has 1 aromatic carbocycles. The van der Waals surface area contributed by atoms with Crippen LogP contribution in [-0.2, 0) is 6.42 Å². The van der Waals surface area contributed by atoms with E-state index >= 15 is 0 Å². The van der Waals surface area contributed by atoms with Gasteiger partial charge in [-0.3, -0.25) is 4.99 Å². The van der Waals surface area contributed by atoms with Gasteiger partial charge in [0.05, 0.1) is 0 Å². The van der Waals surface area contributed by atoms with Crippen LogP contribution in [0.5, 0.6) is 0 Å². The molecule has 0 atom stereocenters. The van der Waals surface area contributed by atoms with Crippen molar-refractivity contribution in [1.29, 1.82) is 0 Å². The number of piperidine rings is 1. The second kappa shape index (κ2) is 11.2. The Balaban J connectivity index is 0.00000280. The van der Waals surface area contributed by atoms with Crippen LogP contribution in [0.2, 0.25) is 0 Å². The molecule has 152 valence electrons. The fourth-order valence-electron chi connectivity index (χ4n) is 3.15. The number of hydrogen-bond donors (Lipinski definition) is 1. The molecule has 1 aromatic heterocycles. The predicted molar refractivity (Wildman–Crippen MR) is 124 cm³/mol. The normalized spacial score (nSPS) is 14.8. The van der Waals surface area contributed by atoms with Crippen molar-refractivity contribution in [2.75, 3.05) is 26.7 Å². The number of nitrogens with zero attached hydrogens (tertiary/aromatic N) is 4. The number of benzene rings is 1. The van der Waals surface area contributed by atoms with Crippen molar-refractivity contribution >= 4 is 36.0 Å². The Morgan fingerprint density at radius 3 is 2.57 bits per heavy atom. The van der Waals surface area contributed by atoms with E-state index in [1.54, 1.807) is 0 Å². The first kappa shape index (κ1) is 22.4. The monoisotopic (exact) mass is 495 g/mol. The molecule has 0 spiro atoms. The van der Waals surface area contributed by atoms with Gasteiger partial charge < -0.3 is 14.7 Å². The van der Waals surface area contributed by atoms with Gasteiger partial charge in [0.2, 0.25) is 5.89 Å². The number of hydrogen-bond acceptors (Lipinski definition) is 4. The summed E-state index contributed by atoms with van der Waals surface area (Å²) in [5.74, 6) is 2.67. The first-order valence-corrected chi connectivity index (χ1v) is 9.68. The quantitative estimate of drug-likeness (QED) is 0.384. The number of halogens is 1. The number of aliphatic imine (C=N–C) groups is 1. The minimum atomic E-state index is 0. The highest BCUT2D eigenvalue weighted by molar-refractivity contribution is 14.0. The maximum Gasteiger partial charge on any atom is 0.228 e. The summed E-state index contributed by atoms with van der Waals surface area (Å²) in [6.45, 7) is 6.82. The van der Waals surface area contributed by atoms with Crippen LogP contribution in [0, 0.1) is 0 Å². The van der Waals surface area contributed by atoms with E-state index in [1.165, 1.54) is 11.1 Å². The molecular weight excluding hydrogens is 465 g/mol. The molecule has 6 nitrogen and oxygen atoms in total. The SMILES string of the molecule is CN=C(NCCc1nc(C(C)C)no1)N1CCC(=Cc2ccccc2)CC1.I. The van der Waals surface area contributed by atoms with E-state index in [4.69, 9.17) is 4.52 Å². The number of nitrogens with one attached hydrogen (secondary N) is 1. The number of rotatable bonds is 5. The summed E-state index contributed by atoms with van der Waals surface area (Å²) in [5, 5.41) is 7.42. The molecule has 0 aliphatic carbocycles. The summed E-state index contributed by atoms with van der Waals surface area (Å²) in [6.07, 6.45) is 5.15. The molecule has 1 fully saturated rings. The maximum atomic E-state index is 5.30. The fraction of sp³-hybridized carbons (Fsp3) is 0.476. The summed E-state index contributed by atoms with van der Waals surface area (Å²) in [5.41, 5.74) is 2.78. The van der Waals surface area contributed by atoms with Crippen LogP contribution >= 0.6 is 24.0 Å². The van der Waals surface area contributed by atoms with Gasteiger partial charge in [0.25, 0.3) is 0 Å². The van der Waals surface area contributed by atoms with Crippen molar-refractivity contribution in [3.63, 3.8) is 0 Å². The lowest BCUT2D eigenvalue weighted by Crippen LogP contribution is -2.45. The van der Waals surface area contributed by atoms with Crippen LogP contribution in [0.25, 0.3) is 6.08 Å². The third kappa shape index (κ3) is 6.32. The van der Waals surface area contributed by atoms with Gasteiger partial charge in [-0.05, 0) is 18.4 Å². The smallest absolute Gasteiger partial charge is 0.228 e. The van der Waals surface area contributed by atoms with Crippen LogP contribution in [0.3, 0.4) is 0 Å². The Kier molecular flexibility index (Phi) is 8.95. The molecule has 1 saturated heterocycles. The molecule has 2 heterocycles. The highest BCUT2D eigenvalue weighted by atomic mass is 127. The lowest BCUT2D eigenvalue weighted by molar-refractivity contribution is 0.363. The Labute approximate surface area is 184 Å². The molecule has 0 amide bonds. The Bertz CT molecular complexity index is 775. The Morgan fingerprint density at radius 1 is 1.25 bits per heavy atom. The molecule has 0 saturated carbocycles. The zero-order valence-electron chi connectivity index (χ0n) is 16.9. The minimum Gasteiger partial charge on any atom is -0.356 e. The van der Waals surface area contributed by atoms with Crippen LogP contribution in [0.4, 0.5) is 0 Å². The minimum absolute atomic E-state index is 0. The average molecular weight is 495 g/mol. The van der Waals surface area contributed by atoms with Crippen molar-refractivity contribution in [3.8, 4) is 0 Å². The van der Waals surface area contributed by atoms with Gasteiger partial charge >= 0.3 is 0 Å². The van der Waals surface area contributed by atoms with Gasteiger partial charge in [-0.25, -0.2) is 0 Å². The number of aromatic nitrogens is 2. The second-order valence-electron chi connectivity index (χ2n) is 7.13. The lowest BCUT2D eigenvalue weighted by Gasteiger charge is -2.31. The van der Waals surface area contributed by atoms with Gasteiger partial charge in [-0.1, -0.05) is 61.0 Å². The summed E-state index contributed by atoms with van der Waals surface area (Å²) in [6, 6.07) is 10.5. The molecule has 28 heavy (non-hydrogen) atoms. The maximum absolute atomic E-state index is 5.30. The molecule has 3 rings (SSSR count). The summed E-state index contributed by atoms with van der Waals surface area (Å²) in [7, 11) is 1.83. The zero-order chi connectivity index (χ0) is 19.1. The van der Waals surface area contributed by atoms with E-state index in [9.17, 15) is 0 Å². The van der Waals surface area contributed by atoms with E-state index in [-0.39, 0.29) is 29.9 Å². The van der Waals surface area contributed by atoms with Crippen molar-refractivity contribution < 1.29 is 4.52 Å². The van der Waals surface area contributed by atoms with Gasteiger partial charge in [0.1, 0.15) is 0 Å². The highest BCUT2D eigenvalue weighted by Gasteiger charge is 2.17. The molecule has 0 unspecified atom stereocenters. The highest BCUT2D eigenvalue weighted by Crippen LogP contribution is 2.19. The largest absolute Gasteiger partial charge is 0.356 e. The number of likely N-dealkylation sites (tertiary alicyclic amines) is 1. The van der Waals surface area contributed by atoms with E-state index in [2.05, 4.69) is 75.6 Å². The van der Waals surface area contributed by atoms with Crippen molar-refractivity contribution in [2.24, 2.45) is 4.99 Å². The first-order chi connectivity index (χ1) is 13.2. The van der Waals surface area contributed by atoms with Crippen LogP contribution in [0.15, 0.2) is 45.4 Å². The summed E-state index contributed by atoms with van der Waals surface area (Å²) < 4.78 is 5.30. The third-order valence-corrected chi connectivity index (χ3v) is 4.71. The van der Waals surface area contributed by atoms with Gasteiger partial charge in [0, 0.05) is 39.0 Å². The van der Waals surface area contributed by atoms with E-state index < -0.39 is 0 Å². The molecule has 1 aliphatic rings. The van der Waals surface area contributed by atoms with Gasteiger partial charge in [-0.2, -0.15) is 4.98 Å². The van der Waals surface area contributed by atoms with Crippen LogP contribution in [0.1, 0.15) is 49.9 Å². The standard InChI is InChI=1S/C21H29N5O.HI/c1-16(2)20-24-19(27-25-20)9-12-23-21(22-3)26-13-10-18(11-14-26)15-17-7-5-4-6-8-17;/h4-8,15-16H,9-14H2,1-3H3,(H,22,23);1H. The second-order valence-corrected chi connectivity index (χ2v) is 7.13. The molecule has 1 aliphatic heterocycles. The van der Waals surface area contributed by atoms with Gasteiger partial charge in [0.15, 0.2) is 11.8 Å². The van der Waals surface area contributed by atoms with Crippen molar-refractivity contribution in [1.82, 2.24) is 20.4 Å². The first-order valence-electron chi connectivity index (χ1n) is 9.68. The molecule has 0 radical (unpaired) electrons. The van der Waals surface area contributed by atoms with E-state index in [1.807, 2.05) is 7.05 Å². The number of guanidine groups is 1. The van der Waals surface area contributed by atoms with Crippen LogP contribution < -0.4 is 5.32 Å². The predicted octanol–water partition coefficient (Wildman–Crippen LogP) is 4.11. The average Bonchev–Trinajstić information content (AvgIpc) is 3.16. The van der Waals surface area contributed by atoms with E-state index in [0.717, 1.165) is 44.3 Å². The molecular formula is C21H30IN5O. The van der Waals surface area contributed by atoms with Crippen LogP contribution in [-0.4, -0.2) is 47.7 Å². The molecule has 2 aromatic rings. The Morgan fingerprint density at radius 2 is 1.96 bits per heavy atom. The molecule has 0 bridgehead atoms. The molecule has 1 N–H and O–H groups in total. The van der Waals surface area contributed by atoms with E-state index in [0.29, 0.717) is 12.3 Å². The molecule has 7 heteroatoms. The fourth-order valence-corrected chi connectivity index (χ4v) is 3.15. The summed E-state index contributed by atoms with van der Waals surface area (Å²) in [4.78, 5) is 11.2. The topological polar surface area (TPSA) is 66.5 Å². The van der Waals surface area contributed by atoms with Crippen molar-refractivity contribution in [2.45, 2.75) is 39.0 Å². The lowest BCUT2D eigenvalue weighted by atomic mass is 10.0. The summed E-state index contributed by atoms with van der Waals surface area (Å²) >= 11 is 0. The van der Waals surface area contributed by atoms with Gasteiger partial charge in [-0.15, -0.1) is 24.0 Å². The third-order valence-electron chi connectivity index (χ3n) is 4.71. The van der Waals surface area contributed by atoms with Crippen molar-refractivity contribution in [3.05, 3.63) is 53.2 Å².